The third kappa shape index (κ3) is 2.61. The summed E-state index contributed by atoms with van der Waals surface area (Å²) in [6.07, 6.45) is 3.06. The summed E-state index contributed by atoms with van der Waals surface area (Å²) in [5, 5.41) is 13.4. The first kappa shape index (κ1) is 13.0. The van der Waals surface area contributed by atoms with Gasteiger partial charge in [0.25, 0.3) is 0 Å². The number of hydrogen-bond donors (Lipinski definition) is 2. The van der Waals surface area contributed by atoms with Crippen LogP contribution in [0.1, 0.15) is 17.5 Å². The molecule has 0 saturated heterocycles. The van der Waals surface area contributed by atoms with Crippen molar-refractivity contribution < 1.29 is 14.6 Å². The zero-order chi connectivity index (χ0) is 13.9. The SMILES string of the molecule is Cn1ccnc1CNCC(O)c1ccc2c(c1)OCO2. The average molecular weight is 275 g/mol. The van der Waals surface area contributed by atoms with Crippen molar-refractivity contribution in [1.29, 1.82) is 0 Å². The zero-order valence-electron chi connectivity index (χ0n) is 11.2. The molecule has 3 rings (SSSR count). The van der Waals surface area contributed by atoms with Crippen LogP contribution >= 0.6 is 0 Å². The van der Waals surface area contributed by atoms with Gasteiger partial charge in [-0.2, -0.15) is 0 Å². The fraction of sp³-hybridized carbons (Fsp3) is 0.357. The molecule has 1 atom stereocenters. The molecule has 2 heterocycles. The van der Waals surface area contributed by atoms with Crippen molar-refractivity contribution in [1.82, 2.24) is 14.9 Å². The second-order valence-electron chi connectivity index (χ2n) is 4.71. The molecule has 20 heavy (non-hydrogen) atoms. The van der Waals surface area contributed by atoms with E-state index in [1.807, 2.05) is 36.0 Å². The van der Waals surface area contributed by atoms with Crippen molar-refractivity contribution in [3.8, 4) is 11.5 Å². The highest BCUT2D eigenvalue weighted by atomic mass is 16.7. The van der Waals surface area contributed by atoms with Gasteiger partial charge < -0.3 is 24.5 Å². The van der Waals surface area contributed by atoms with E-state index in [1.165, 1.54) is 0 Å². The maximum atomic E-state index is 10.2. The van der Waals surface area contributed by atoms with E-state index < -0.39 is 6.10 Å². The summed E-state index contributed by atoms with van der Waals surface area (Å²) >= 11 is 0. The number of hydrogen-bond acceptors (Lipinski definition) is 5. The molecule has 0 spiro atoms. The van der Waals surface area contributed by atoms with Crippen LogP contribution in [0.15, 0.2) is 30.6 Å². The summed E-state index contributed by atoms with van der Waals surface area (Å²) in [7, 11) is 1.94. The monoisotopic (exact) mass is 275 g/mol. The Labute approximate surface area is 117 Å². The molecule has 1 aromatic carbocycles. The average Bonchev–Trinajstić information content (AvgIpc) is 3.07. The Morgan fingerprint density at radius 2 is 2.25 bits per heavy atom. The number of rotatable bonds is 5. The van der Waals surface area contributed by atoms with Gasteiger partial charge in [0.05, 0.1) is 12.6 Å². The van der Waals surface area contributed by atoms with E-state index in [2.05, 4.69) is 10.3 Å². The standard InChI is InChI=1S/C14H17N3O3/c1-17-5-4-16-14(17)8-15-7-11(18)10-2-3-12-13(6-10)20-9-19-12/h2-6,11,15,18H,7-9H2,1H3. The molecule has 2 aromatic rings. The summed E-state index contributed by atoms with van der Waals surface area (Å²) in [5.41, 5.74) is 0.807. The van der Waals surface area contributed by atoms with Crippen LogP contribution in [-0.2, 0) is 13.6 Å². The van der Waals surface area contributed by atoms with E-state index in [9.17, 15) is 5.11 Å². The van der Waals surface area contributed by atoms with Crippen LogP contribution in [0.5, 0.6) is 11.5 Å². The van der Waals surface area contributed by atoms with Gasteiger partial charge in [0.1, 0.15) is 5.82 Å². The van der Waals surface area contributed by atoms with Crippen molar-refractivity contribution in [2.24, 2.45) is 7.05 Å². The minimum absolute atomic E-state index is 0.242. The molecule has 0 saturated carbocycles. The van der Waals surface area contributed by atoms with Crippen LogP contribution in [0.4, 0.5) is 0 Å². The van der Waals surface area contributed by atoms with Crippen LogP contribution < -0.4 is 14.8 Å². The molecule has 0 radical (unpaired) electrons. The van der Waals surface area contributed by atoms with Crippen LogP contribution in [0.25, 0.3) is 0 Å². The Hall–Kier alpha value is -2.05. The van der Waals surface area contributed by atoms with Gasteiger partial charge in [-0.15, -0.1) is 0 Å². The van der Waals surface area contributed by atoms with E-state index in [0.29, 0.717) is 18.8 Å². The van der Waals surface area contributed by atoms with E-state index in [0.717, 1.165) is 17.1 Å². The number of fused-ring (bicyclic) bond motifs is 1. The number of ether oxygens (including phenoxy) is 2. The number of nitrogens with zero attached hydrogens (tertiary/aromatic N) is 2. The van der Waals surface area contributed by atoms with Gasteiger partial charge in [-0.25, -0.2) is 4.98 Å². The molecule has 0 amide bonds. The fourth-order valence-corrected chi connectivity index (χ4v) is 2.13. The molecule has 1 aliphatic heterocycles. The highest BCUT2D eigenvalue weighted by Gasteiger charge is 2.16. The molecular weight excluding hydrogens is 258 g/mol. The first-order valence-corrected chi connectivity index (χ1v) is 6.48. The predicted molar refractivity (Wildman–Crippen MR) is 72.4 cm³/mol. The van der Waals surface area contributed by atoms with Crippen LogP contribution in [0.2, 0.25) is 0 Å². The molecule has 0 bridgehead atoms. The lowest BCUT2D eigenvalue weighted by atomic mass is 10.1. The van der Waals surface area contributed by atoms with Gasteiger partial charge in [0, 0.05) is 26.0 Å². The molecule has 106 valence electrons. The topological polar surface area (TPSA) is 68.5 Å². The molecule has 0 aliphatic carbocycles. The van der Waals surface area contributed by atoms with Gasteiger partial charge in [-0.1, -0.05) is 6.07 Å². The lowest BCUT2D eigenvalue weighted by Gasteiger charge is -2.12. The van der Waals surface area contributed by atoms with Gasteiger partial charge in [0.15, 0.2) is 11.5 Å². The van der Waals surface area contributed by atoms with Crippen molar-refractivity contribution in [3.05, 3.63) is 42.0 Å². The Kier molecular flexibility index (Phi) is 3.58. The predicted octanol–water partition coefficient (Wildman–Crippen LogP) is 0.972. The molecular formula is C14H17N3O3. The number of aromatic nitrogens is 2. The lowest BCUT2D eigenvalue weighted by molar-refractivity contribution is 0.170. The quantitative estimate of drug-likeness (QED) is 0.851. The minimum atomic E-state index is -0.593. The number of imidazole rings is 1. The molecule has 0 fully saturated rings. The van der Waals surface area contributed by atoms with E-state index in [-0.39, 0.29) is 6.79 Å². The molecule has 2 N–H and O–H groups in total. The Morgan fingerprint density at radius 3 is 3.05 bits per heavy atom. The summed E-state index contributed by atoms with van der Waals surface area (Å²) in [5.74, 6) is 2.34. The Bertz CT molecular complexity index is 597. The maximum absolute atomic E-state index is 10.2. The second-order valence-corrected chi connectivity index (χ2v) is 4.71. The van der Waals surface area contributed by atoms with Crippen molar-refractivity contribution in [2.45, 2.75) is 12.6 Å². The van der Waals surface area contributed by atoms with Crippen LogP contribution in [-0.4, -0.2) is 28.0 Å². The molecule has 1 aliphatic rings. The molecule has 1 aromatic heterocycles. The first-order valence-electron chi connectivity index (χ1n) is 6.48. The molecule has 6 nitrogen and oxygen atoms in total. The highest BCUT2D eigenvalue weighted by Crippen LogP contribution is 2.34. The fourth-order valence-electron chi connectivity index (χ4n) is 2.13. The second kappa shape index (κ2) is 5.52. The number of nitrogens with one attached hydrogen (secondary N) is 1. The normalized spacial score (nSPS) is 14.5. The van der Waals surface area contributed by atoms with Crippen molar-refractivity contribution in [3.63, 3.8) is 0 Å². The van der Waals surface area contributed by atoms with Gasteiger partial charge in [-0.05, 0) is 17.7 Å². The van der Waals surface area contributed by atoms with Gasteiger partial charge >= 0.3 is 0 Å². The van der Waals surface area contributed by atoms with Gasteiger partial charge in [-0.3, -0.25) is 0 Å². The van der Waals surface area contributed by atoms with Crippen molar-refractivity contribution >= 4 is 0 Å². The highest BCUT2D eigenvalue weighted by molar-refractivity contribution is 5.45. The lowest BCUT2D eigenvalue weighted by Crippen LogP contribution is -2.22. The Morgan fingerprint density at radius 1 is 1.40 bits per heavy atom. The first-order chi connectivity index (χ1) is 9.74. The summed E-state index contributed by atoms with van der Waals surface area (Å²) < 4.78 is 12.5. The van der Waals surface area contributed by atoms with E-state index in [1.54, 1.807) is 6.20 Å². The smallest absolute Gasteiger partial charge is 0.231 e. The van der Waals surface area contributed by atoms with E-state index >= 15 is 0 Å². The minimum Gasteiger partial charge on any atom is -0.454 e. The zero-order valence-corrected chi connectivity index (χ0v) is 11.2. The summed E-state index contributed by atoms with van der Waals surface area (Å²) in [4.78, 5) is 4.21. The van der Waals surface area contributed by atoms with E-state index in [4.69, 9.17) is 9.47 Å². The molecule has 6 heteroatoms. The van der Waals surface area contributed by atoms with Crippen molar-refractivity contribution in [2.75, 3.05) is 13.3 Å². The molecule has 1 unspecified atom stereocenters. The van der Waals surface area contributed by atoms with Gasteiger partial charge in [0.2, 0.25) is 6.79 Å². The number of aryl methyl sites for hydroxylation is 1. The number of aliphatic hydroxyl groups excluding tert-OH is 1. The third-order valence-electron chi connectivity index (χ3n) is 3.32. The van der Waals surface area contributed by atoms with Crippen LogP contribution in [0, 0.1) is 0 Å². The van der Waals surface area contributed by atoms with Crippen LogP contribution in [0.3, 0.4) is 0 Å². The third-order valence-corrected chi connectivity index (χ3v) is 3.32. The number of aliphatic hydroxyl groups is 1. The largest absolute Gasteiger partial charge is 0.454 e. The summed E-state index contributed by atoms with van der Waals surface area (Å²) in [6.45, 7) is 1.31. The Balaban J connectivity index is 1.56. The summed E-state index contributed by atoms with van der Waals surface area (Å²) in [6, 6.07) is 5.48. The maximum Gasteiger partial charge on any atom is 0.231 e. The number of benzene rings is 1.